The number of nitrogens with zero attached hydrogens (tertiary/aromatic N) is 5. The highest BCUT2D eigenvalue weighted by molar-refractivity contribution is 6.33. The van der Waals surface area contributed by atoms with Gasteiger partial charge in [-0.1, -0.05) is 18.2 Å². The van der Waals surface area contributed by atoms with Crippen molar-refractivity contribution < 1.29 is 4.79 Å². The third kappa shape index (κ3) is 6.66. The molecule has 3 heterocycles. The van der Waals surface area contributed by atoms with Gasteiger partial charge in [-0.25, -0.2) is 4.98 Å². The summed E-state index contributed by atoms with van der Waals surface area (Å²) in [5, 5.41) is 7.11. The molecule has 2 aromatic rings. The molecule has 2 aliphatic heterocycles. The third-order valence-electron chi connectivity index (χ3n) is 6.54. The molecule has 188 valence electrons. The topological polar surface area (TPSA) is 67.0 Å². The van der Waals surface area contributed by atoms with E-state index in [1.807, 2.05) is 25.1 Å². The maximum Gasteiger partial charge on any atom is 0.248 e. The molecule has 8 nitrogen and oxygen atoms in total. The monoisotopic (exact) mass is 497 g/mol. The number of nitrogens with one attached hydrogen (secondary N) is 2. The van der Waals surface area contributed by atoms with Crippen LogP contribution in [0.4, 0.5) is 22.9 Å². The molecule has 9 heteroatoms. The Balaban J connectivity index is 1.36. The van der Waals surface area contributed by atoms with Crippen LogP contribution >= 0.6 is 11.6 Å². The minimum Gasteiger partial charge on any atom is -0.369 e. The van der Waals surface area contributed by atoms with E-state index in [9.17, 15) is 4.79 Å². The van der Waals surface area contributed by atoms with Crippen molar-refractivity contribution in [3.05, 3.63) is 53.7 Å². The van der Waals surface area contributed by atoms with Gasteiger partial charge in [0.2, 0.25) is 5.91 Å². The number of amides is 1. The summed E-state index contributed by atoms with van der Waals surface area (Å²) in [5.74, 6) is 0.650. The van der Waals surface area contributed by atoms with Gasteiger partial charge in [0.1, 0.15) is 5.82 Å². The molecule has 2 fully saturated rings. The lowest BCUT2D eigenvalue weighted by Gasteiger charge is -2.34. The fourth-order valence-electron chi connectivity index (χ4n) is 4.54. The second-order valence-corrected chi connectivity index (χ2v) is 10.1. The quantitative estimate of drug-likeness (QED) is 0.543. The Morgan fingerprint density at radius 2 is 1.86 bits per heavy atom. The van der Waals surface area contributed by atoms with Gasteiger partial charge in [-0.05, 0) is 51.8 Å². The van der Waals surface area contributed by atoms with Gasteiger partial charge in [-0.15, -0.1) is 0 Å². The van der Waals surface area contributed by atoms with Crippen molar-refractivity contribution in [2.75, 3.05) is 82.1 Å². The van der Waals surface area contributed by atoms with E-state index < -0.39 is 0 Å². The fourth-order valence-corrected chi connectivity index (χ4v) is 4.77. The second kappa shape index (κ2) is 11.3. The van der Waals surface area contributed by atoms with Crippen molar-refractivity contribution in [2.45, 2.75) is 12.5 Å². The molecule has 1 atom stereocenters. The van der Waals surface area contributed by atoms with Crippen LogP contribution in [0.2, 0.25) is 5.02 Å². The highest BCUT2D eigenvalue weighted by Gasteiger charge is 2.26. The maximum absolute atomic E-state index is 12.4. The van der Waals surface area contributed by atoms with E-state index in [0.717, 1.165) is 56.3 Å². The highest BCUT2D eigenvalue weighted by atomic mass is 35.5. The smallest absolute Gasteiger partial charge is 0.248 e. The van der Waals surface area contributed by atoms with E-state index in [-0.39, 0.29) is 11.9 Å². The molecule has 0 spiro atoms. The minimum atomic E-state index is -0.0891. The van der Waals surface area contributed by atoms with Gasteiger partial charge in [0.15, 0.2) is 0 Å². The first-order chi connectivity index (χ1) is 16.8. The van der Waals surface area contributed by atoms with Crippen LogP contribution < -0.4 is 20.4 Å². The Morgan fingerprint density at radius 1 is 1.14 bits per heavy atom. The lowest BCUT2D eigenvalue weighted by Crippen LogP contribution is -2.44. The molecule has 0 aliphatic carbocycles. The number of aromatic nitrogens is 1. The van der Waals surface area contributed by atoms with Gasteiger partial charge in [-0.3, -0.25) is 4.79 Å². The molecule has 4 rings (SSSR count). The molecule has 0 radical (unpaired) electrons. The highest BCUT2D eigenvalue weighted by Crippen LogP contribution is 2.31. The molecule has 0 unspecified atom stereocenters. The number of likely N-dealkylation sites (N-methyl/N-ethyl adjacent to an activating group) is 2. The van der Waals surface area contributed by atoms with E-state index in [1.54, 1.807) is 6.20 Å². The summed E-state index contributed by atoms with van der Waals surface area (Å²) < 4.78 is 0. The van der Waals surface area contributed by atoms with Crippen LogP contribution in [0.3, 0.4) is 0 Å². The number of carbonyl (C=O) groups excluding carboxylic acids is 1. The molecule has 2 saturated heterocycles. The molecular weight excluding hydrogens is 462 g/mol. The molecular formula is C26H36ClN7O. The summed E-state index contributed by atoms with van der Waals surface area (Å²) in [7, 11) is 6.02. The van der Waals surface area contributed by atoms with Crippen molar-refractivity contribution in [3.8, 4) is 0 Å². The van der Waals surface area contributed by atoms with Gasteiger partial charge in [0, 0.05) is 74.9 Å². The van der Waals surface area contributed by atoms with Gasteiger partial charge in [-0.2, -0.15) is 0 Å². The number of pyridine rings is 1. The Labute approximate surface area is 213 Å². The number of hydrogen-bond acceptors (Lipinski definition) is 7. The Morgan fingerprint density at radius 3 is 2.54 bits per heavy atom. The van der Waals surface area contributed by atoms with Crippen LogP contribution in [-0.2, 0) is 4.79 Å². The van der Waals surface area contributed by atoms with Gasteiger partial charge in [0.05, 0.1) is 16.9 Å². The van der Waals surface area contributed by atoms with Crippen LogP contribution in [0.5, 0.6) is 0 Å². The fraction of sp³-hybridized carbons (Fsp3) is 0.462. The number of hydrogen-bond donors (Lipinski definition) is 2. The van der Waals surface area contributed by atoms with Crippen molar-refractivity contribution in [2.24, 2.45) is 0 Å². The lowest BCUT2D eigenvalue weighted by molar-refractivity contribution is -0.118. The standard InChI is InChI=1S/C26H36ClN7O/c1-19(17-31(2)3)26(35)30-21-9-10-34(18-21)24-15-25(28-16-23(24)27)29-20-5-7-22(8-6-20)33-13-11-32(4)12-14-33/h5-8,15-16,21H,1,9-14,17-18H2,2-4H3,(H,28,29)(H,30,35)/t21-/m1/s1. The number of benzene rings is 1. The van der Waals surface area contributed by atoms with E-state index in [2.05, 4.69) is 68.2 Å². The van der Waals surface area contributed by atoms with Gasteiger partial charge >= 0.3 is 0 Å². The minimum absolute atomic E-state index is 0.0594. The van der Waals surface area contributed by atoms with Crippen molar-refractivity contribution in [1.82, 2.24) is 20.1 Å². The van der Waals surface area contributed by atoms with Gasteiger partial charge in [0.25, 0.3) is 0 Å². The van der Waals surface area contributed by atoms with E-state index in [4.69, 9.17) is 11.6 Å². The Bertz CT molecular complexity index is 1030. The first kappa shape index (κ1) is 25.3. The van der Waals surface area contributed by atoms with Crippen LogP contribution in [-0.4, -0.2) is 93.7 Å². The van der Waals surface area contributed by atoms with Crippen LogP contribution in [0.15, 0.2) is 48.7 Å². The average Bonchev–Trinajstić information content (AvgIpc) is 3.29. The average molecular weight is 498 g/mol. The van der Waals surface area contributed by atoms with Crippen LogP contribution in [0, 0.1) is 0 Å². The van der Waals surface area contributed by atoms with Crippen molar-refractivity contribution in [1.29, 1.82) is 0 Å². The first-order valence-electron chi connectivity index (χ1n) is 12.1. The first-order valence-corrected chi connectivity index (χ1v) is 12.5. The van der Waals surface area contributed by atoms with E-state index in [0.29, 0.717) is 23.7 Å². The zero-order valence-corrected chi connectivity index (χ0v) is 21.7. The number of anilines is 4. The van der Waals surface area contributed by atoms with Crippen molar-refractivity contribution >= 4 is 40.4 Å². The molecule has 1 aromatic carbocycles. The molecule has 1 amide bonds. The Kier molecular flexibility index (Phi) is 8.15. The summed E-state index contributed by atoms with van der Waals surface area (Å²) in [6.45, 7) is 10.2. The molecule has 2 N–H and O–H groups in total. The van der Waals surface area contributed by atoms with E-state index in [1.165, 1.54) is 5.69 Å². The summed E-state index contributed by atoms with van der Waals surface area (Å²) >= 11 is 6.51. The second-order valence-electron chi connectivity index (χ2n) is 9.73. The predicted molar refractivity (Wildman–Crippen MR) is 145 cm³/mol. The maximum atomic E-state index is 12.4. The molecule has 0 saturated carbocycles. The Hall–Kier alpha value is -2.81. The van der Waals surface area contributed by atoms with Gasteiger partial charge < -0.3 is 30.2 Å². The summed E-state index contributed by atoms with van der Waals surface area (Å²) in [6.07, 6.45) is 2.54. The normalized spacial score (nSPS) is 18.7. The zero-order chi connectivity index (χ0) is 24.9. The zero-order valence-electron chi connectivity index (χ0n) is 20.9. The molecule has 1 aromatic heterocycles. The van der Waals surface area contributed by atoms with Crippen LogP contribution in [0.1, 0.15) is 6.42 Å². The summed E-state index contributed by atoms with van der Waals surface area (Å²) in [6, 6.07) is 10.5. The molecule has 35 heavy (non-hydrogen) atoms. The van der Waals surface area contributed by atoms with Crippen molar-refractivity contribution in [3.63, 3.8) is 0 Å². The SMILES string of the molecule is C=C(CN(C)C)C(=O)N[C@@H]1CCN(c2cc(Nc3ccc(N4CCN(C)CC4)cc3)ncc2Cl)C1. The summed E-state index contributed by atoms with van der Waals surface area (Å²) in [5.41, 5.74) is 3.71. The predicted octanol–water partition coefficient (Wildman–Crippen LogP) is 3.04. The number of halogens is 1. The van der Waals surface area contributed by atoms with Crippen LogP contribution in [0.25, 0.3) is 0 Å². The third-order valence-corrected chi connectivity index (χ3v) is 6.83. The molecule has 0 bridgehead atoms. The molecule has 2 aliphatic rings. The number of piperazine rings is 1. The summed E-state index contributed by atoms with van der Waals surface area (Å²) in [4.78, 5) is 25.8. The largest absolute Gasteiger partial charge is 0.369 e. The number of carbonyl (C=O) groups is 1. The number of rotatable bonds is 8. The van der Waals surface area contributed by atoms with E-state index >= 15 is 0 Å². The lowest BCUT2D eigenvalue weighted by atomic mass is 10.2.